The summed E-state index contributed by atoms with van der Waals surface area (Å²) in [4.78, 5) is 0. The summed E-state index contributed by atoms with van der Waals surface area (Å²) in [5.41, 5.74) is 0.421. The summed E-state index contributed by atoms with van der Waals surface area (Å²) in [6, 6.07) is 2.29. The van der Waals surface area contributed by atoms with Gasteiger partial charge in [-0.15, -0.1) is 0 Å². The second-order valence-electron chi connectivity index (χ2n) is 3.99. The molecule has 1 nitrogen and oxygen atoms in total. The van der Waals surface area contributed by atoms with Crippen LogP contribution in [0, 0.1) is 17.6 Å². The molecule has 82 valence electrons. The zero-order valence-electron chi connectivity index (χ0n) is 8.89. The summed E-state index contributed by atoms with van der Waals surface area (Å²) in [5.74, 6) is -0.128. The first-order valence-electron chi connectivity index (χ1n) is 5.20. The van der Waals surface area contributed by atoms with Gasteiger partial charge in [-0.3, -0.25) is 0 Å². The largest absolute Gasteiger partial charge is 0.493 e. The van der Waals surface area contributed by atoms with E-state index in [9.17, 15) is 8.78 Å². The number of ether oxygens (including phenoxy) is 1. The molecule has 0 amide bonds. The summed E-state index contributed by atoms with van der Waals surface area (Å²) in [6.45, 7) is 2.06. The number of rotatable bonds is 3. The lowest BCUT2D eigenvalue weighted by molar-refractivity contribution is 0.375. The van der Waals surface area contributed by atoms with Gasteiger partial charge in [0.1, 0.15) is 5.82 Å². The minimum Gasteiger partial charge on any atom is -0.493 e. The molecule has 0 saturated heterocycles. The number of hydrogen-bond acceptors (Lipinski definition) is 1. The fourth-order valence-corrected chi connectivity index (χ4v) is 2.15. The maximum absolute atomic E-state index is 13.6. The van der Waals surface area contributed by atoms with Gasteiger partial charge < -0.3 is 4.74 Å². The highest BCUT2D eigenvalue weighted by atomic mass is 19.1. The van der Waals surface area contributed by atoms with Gasteiger partial charge in [0, 0.05) is 5.56 Å². The summed E-state index contributed by atoms with van der Waals surface area (Å²) < 4.78 is 31.9. The third-order valence-electron chi connectivity index (χ3n) is 3.12. The van der Waals surface area contributed by atoms with Crippen molar-refractivity contribution in [1.29, 1.82) is 0 Å². The van der Waals surface area contributed by atoms with E-state index < -0.39 is 5.82 Å². The highest BCUT2D eigenvalue weighted by Crippen LogP contribution is 2.53. The van der Waals surface area contributed by atoms with E-state index in [1.165, 1.54) is 13.2 Å². The van der Waals surface area contributed by atoms with Crippen molar-refractivity contribution in [3.63, 3.8) is 0 Å². The van der Waals surface area contributed by atoms with E-state index in [0.717, 1.165) is 18.9 Å². The van der Waals surface area contributed by atoms with Crippen molar-refractivity contribution in [2.24, 2.45) is 5.92 Å². The molecule has 1 aromatic carbocycles. The van der Waals surface area contributed by atoms with E-state index in [0.29, 0.717) is 11.5 Å². The molecule has 1 aliphatic rings. The number of benzene rings is 1. The maximum atomic E-state index is 13.6. The molecule has 2 rings (SSSR count). The predicted octanol–water partition coefficient (Wildman–Crippen LogP) is 3.49. The van der Waals surface area contributed by atoms with Crippen molar-refractivity contribution in [3.8, 4) is 5.75 Å². The molecule has 2 unspecified atom stereocenters. The second kappa shape index (κ2) is 3.80. The highest BCUT2D eigenvalue weighted by Gasteiger charge is 2.41. The van der Waals surface area contributed by atoms with Crippen LogP contribution in [0.4, 0.5) is 8.78 Å². The molecule has 0 spiro atoms. The number of methoxy groups -OCH3 is 1. The molecule has 0 heterocycles. The molecular weight excluding hydrogens is 198 g/mol. The van der Waals surface area contributed by atoms with E-state index in [1.807, 2.05) is 0 Å². The van der Waals surface area contributed by atoms with Gasteiger partial charge in [-0.1, -0.05) is 13.3 Å². The predicted molar refractivity (Wildman–Crippen MR) is 54.0 cm³/mol. The molecule has 1 aliphatic carbocycles. The summed E-state index contributed by atoms with van der Waals surface area (Å²) in [6.07, 6.45) is 1.94. The van der Waals surface area contributed by atoms with Crippen LogP contribution in [-0.4, -0.2) is 7.11 Å². The molecule has 1 saturated carbocycles. The van der Waals surface area contributed by atoms with E-state index in [2.05, 4.69) is 6.92 Å². The van der Waals surface area contributed by atoms with Crippen LogP contribution in [-0.2, 0) is 0 Å². The Balaban J connectivity index is 2.40. The first-order chi connectivity index (χ1) is 7.19. The van der Waals surface area contributed by atoms with Gasteiger partial charge >= 0.3 is 0 Å². The lowest BCUT2D eigenvalue weighted by Gasteiger charge is -2.10. The molecule has 15 heavy (non-hydrogen) atoms. The van der Waals surface area contributed by atoms with Gasteiger partial charge in [0.15, 0.2) is 11.6 Å². The van der Waals surface area contributed by atoms with Gasteiger partial charge in [-0.2, -0.15) is 0 Å². The van der Waals surface area contributed by atoms with Gasteiger partial charge in [0.2, 0.25) is 0 Å². The van der Waals surface area contributed by atoms with Crippen molar-refractivity contribution in [2.75, 3.05) is 7.11 Å². The molecule has 0 aromatic heterocycles. The quantitative estimate of drug-likeness (QED) is 0.745. The summed E-state index contributed by atoms with van der Waals surface area (Å²) in [7, 11) is 1.38. The van der Waals surface area contributed by atoms with Crippen LogP contribution < -0.4 is 4.74 Å². The Morgan fingerprint density at radius 2 is 2.00 bits per heavy atom. The first kappa shape index (κ1) is 10.4. The van der Waals surface area contributed by atoms with Gasteiger partial charge in [-0.25, -0.2) is 8.78 Å². The van der Waals surface area contributed by atoms with Crippen LogP contribution in [0.5, 0.6) is 5.75 Å². The topological polar surface area (TPSA) is 9.23 Å². The molecular formula is C12H14F2O. The Kier molecular flexibility index (Phi) is 2.63. The lowest BCUT2D eigenvalue weighted by Crippen LogP contribution is -1.98. The SMILES string of the molecule is CCC1CC1c1c(F)ccc(F)c1OC. The first-order valence-corrected chi connectivity index (χ1v) is 5.20. The molecule has 1 fully saturated rings. The summed E-state index contributed by atoms with van der Waals surface area (Å²) in [5, 5.41) is 0. The fraction of sp³-hybridized carbons (Fsp3) is 0.500. The smallest absolute Gasteiger partial charge is 0.165 e. The van der Waals surface area contributed by atoms with Crippen molar-refractivity contribution < 1.29 is 13.5 Å². The molecule has 0 N–H and O–H groups in total. The molecule has 0 aliphatic heterocycles. The van der Waals surface area contributed by atoms with Crippen LogP contribution in [0.25, 0.3) is 0 Å². The Bertz CT molecular complexity index is 376. The molecule has 0 radical (unpaired) electrons. The van der Waals surface area contributed by atoms with Crippen LogP contribution >= 0.6 is 0 Å². The fourth-order valence-electron chi connectivity index (χ4n) is 2.15. The van der Waals surface area contributed by atoms with Crippen LogP contribution in [0.3, 0.4) is 0 Å². The molecule has 2 atom stereocenters. The van der Waals surface area contributed by atoms with E-state index in [-0.39, 0.29) is 17.5 Å². The van der Waals surface area contributed by atoms with Crippen molar-refractivity contribution >= 4 is 0 Å². The van der Waals surface area contributed by atoms with E-state index in [4.69, 9.17) is 4.74 Å². The monoisotopic (exact) mass is 212 g/mol. The Morgan fingerprint density at radius 1 is 1.33 bits per heavy atom. The average molecular weight is 212 g/mol. The van der Waals surface area contributed by atoms with Gasteiger partial charge in [-0.05, 0) is 30.4 Å². The molecule has 0 bridgehead atoms. The van der Waals surface area contributed by atoms with E-state index in [1.54, 1.807) is 0 Å². The van der Waals surface area contributed by atoms with Crippen LogP contribution in [0.2, 0.25) is 0 Å². The Labute approximate surface area is 88.1 Å². The number of hydrogen-bond donors (Lipinski definition) is 0. The van der Waals surface area contributed by atoms with Crippen molar-refractivity contribution in [3.05, 3.63) is 29.3 Å². The minimum atomic E-state index is -0.476. The second-order valence-corrected chi connectivity index (χ2v) is 3.99. The highest BCUT2D eigenvalue weighted by molar-refractivity contribution is 5.41. The normalized spacial score (nSPS) is 24.0. The minimum absolute atomic E-state index is 0.0796. The Morgan fingerprint density at radius 3 is 2.53 bits per heavy atom. The maximum Gasteiger partial charge on any atom is 0.165 e. The lowest BCUT2D eigenvalue weighted by atomic mass is 10.1. The molecule has 3 heteroatoms. The zero-order valence-corrected chi connectivity index (χ0v) is 8.89. The third kappa shape index (κ3) is 1.71. The average Bonchev–Trinajstić information content (AvgIpc) is 3.00. The van der Waals surface area contributed by atoms with E-state index >= 15 is 0 Å². The van der Waals surface area contributed by atoms with Gasteiger partial charge in [0.25, 0.3) is 0 Å². The Hall–Kier alpha value is -1.12. The van der Waals surface area contributed by atoms with Crippen LogP contribution in [0.1, 0.15) is 31.2 Å². The van der Waals surface area contributed by atoms with Crippen LogP contribution in [0.15, 0.2) is 12.1 Å². The summed E-state index contributed by atoms with van der Waals surface area (Å²) >= 11 is 0. The zero-order chi connectivity index (χ0) is 11.0. The van der Waals surface area contributed by atoms with Gasteiger partial charge in [0.05, 0.1) is 7.11 Å². The molecule has 1 aromatic rings. The van der Waals surface area contributed by atoms with Crippen molar-refractivity contribution in [1.82, 2.24) is 0 Å². The standard InChI is InChI=1S/C12H14F2O/c1-3-7-6-8(7)11-9(13)4-5-10(14)12(11)15-2/h4-5,7-8H,3,6H2,1-2H3. The number of halogens is 2. The van der Waals surface area contributed by atoms with Crippen molar-refractivity contribution in [2.45, 2.75) is 25.7 Å². The third-order valence-corrected chi connectivity index (χ3v) is 3.12.